The van der Waals surface area contributed by atoms with Gasteiger partial charge in [-0.3, -0.25) is 4.79 Å². The predicted octanol–water partition coefficient (Wildman–Crippen LogP) is 6.23. The number of halogens is 5. The first-order valence-electron chi connectivity index (χ1n) is 10.0. The summed E-state index contributed by atoms with van der Waals surface area (Å²) in [5.74, 6) is -0.0516. The van der Waals surface area contributed by atoms with Crippen LogP contribution in [0, 0.1) is 0 Å². The number of fused-ring (bicyclic) bond motifs is 1. The van der Waals surface area contributed by atoms with Crippen LogP contribution < -0.4 is 20.1 Å². The molecule has 0 fully saturated rings. The van der Waals surface area contributed by atoms with Crippen molar-refractivity contribution in [3.63, 3.8) is 0 Å². The van der Waals surface area contributed by atoms with Gasteiger partial charge < -0.3 is 20.1 Å². The Kier molecular flexibility index (Phi) is 6.68. The summed E-state index contributed by atoms with van der Waals surface area (Å²) in [6.07, 6.45) is -4.92. The van der Waals surface area contributed by atoms with Crippen molar-refractivity contribution in [2.24, 2.45) is 0 Å². The van der Waals surface area contributed by atoms with E-state index in [1.807, 2.05) is 0 Å². The Bertz CT molecular complexity index is 1220. The standard InChI is InChI=1S/C22H19BrClF3N4O3/c1-33-13-7-8-14(16(9-13)34-2)29-21(32)19-18(24)20-28-15(11-3-5-12(23)6-4-11)10-17(22(25,26)27)31(20)30-19/h3-9,15,17,28H,10H2,1-2H3,(H,29,32). The second-order valence-electron chi connectivity index (χ2n) is 7.52. The minimum absolute atomic E-state index is 0.0741. The van der Waals surface area contributed by atoms with Crippen molar-refractivity contribution in [2.45, 2.75) is 24.7 Å². The molecule has 2 N–H and O–H groups in total. The van der Waals surface area contributed by atoms with Gasteiger partial charge in [0.25, 0.3) is 5.91 Å². The molecule has 2 unspecified atom stereocenters. The fraction of sp³-hybridized carbons (Fsp3) is 0.273. The molecule has 3 aromatic rings. The number of carbonyl (C=O) groups is 1. The molecular weight excluding hydrogens is 541 g/mol. The number of carbonyl (C=O) groups excluding carboxylic acids is 1. The van der Waals surface area contributed by atoms with Crippen LogP contribution in [0.1, 0.15) is 34.6 Å². The fourth-order valence-electron chi connectivity index (χ4n) is 3.73. The van der Waals surface area contributed by atoms with Crippen LogP contribution in [0.15, 0.2) is 46.9 Å². The number of aromatic nitrogens is 2. The van der Waals surface area contributed by atoms with Gasteiger partial charge in [0.1, 0.15) is 22.3 Å². The van der Waals surface area contributed by atoms with E-state index < -0.39 is 24.2 Å². The monoisotopic (exact) mass is 558 g/mol. The highest BCUT2D eigenvalue weighted by atomic mass is 79.9. The third kappa shape index (κ3) is 4.67. The van der Waals surface area contributed by atoms with E-state index in [1.54, 1.807) is 42.5 Å². The number of amides is 1. The summed E-state index contributed by atoms with van der Waals surface area (Å²) in [5, 5.41) is 9.34. The molecule has 1 aromatic heterocycles. The summed E-state index contributed by atoms with van der Waals surface area (Å²) in [4.78, 5) is 12.9. The molecule has 0 aliphatic carbocycles. The molecule has 34 heavy (non-hydrogen) atoms. The molecule has 12 heteroatoms. The van der Waals surface area contributed by atoms with E-state index >= 15 is 0 Å². The number of nitrogens with one attached hydrogen (secondary N) is 2. The van der Waals surface area contributed by atoms with Crippen molar-refractivity contribution in [3.05, 3.63) is 63.2 Å². The molecular formula is C22H19BrClF3N4O3. The Morgan fingerprint density at radius 1 is 1.21 bits per heavy atom. The largest absolute Gasteiger partial charge is 0.497 e. The number of alkyl halides is 3. The first-order valence-corrected chi connectivity index (χ1v) is 11.2. The number of benzene rings is 2. The van der Waals surface area contributed by atoms with Gasteiger partial charge in [-0.2, -0.15) is 18.3 Å². The molecule has 2 atom stereocenters. The van der Waals surface area contributed by atoms with E-state index in [4.69, 9.17) is 21.1 Å². The summed E-state index contributed by atoms with van der Waals surface area (Å²) in [5.41, 5.74) is 0.589. The van der Waals surface area contributed by atoms with Gasteiger partial charge in [-0.15, -0.1) is 0 Å². The Labute approximate surface area is 206 Å². The number of hydrogen-bond acceptors (Lipinski definition) is 5. The Morgan fingerprint density at radius 3 is 2.53 bits per heavy atom. The van der Waals surface area contributed by atoms with Crippen LogP contribution in [0.25, 0.3) is 0 Å². The molecule has 1 aliphatic rings. The quantitative estimate of drug-likeness (QED) is 0.388. The van der Waals surface area contributed by atoms with E-state index in [0.717, 1.165) is 9.15 Å². The van der Waals surface area contributed by atoms with Crippen LogP contribution in [0.5, 0.6) is 11.5 Å². The SMILES string of the molecule is COc1ccc(NC(=O)c2nn3c(c2Cl)NC(c2ccc(Br)cc2)CC3C(F)(F)F)c(OC)c1. The zero-order valence-electron chi connectivity index (χ0n) is 17.9. The summed E-state index contributed by atoms with van der Waals surface area (Å²) in [6.45, 7) is 0. The lowest BCUT2D eigenvalue weighted by molar-refractivity contribution is -0.173. The van der Waals surface area contributed by atoms with Crippen LogP contribution in [0.4, 0.5) is 24.7 Å². The van der Waals surface area contributed by atoms with Gasteiger partial charge in [0, 0.05) is 17.0 Å². The van der Waals surface area contributed by atoms with Gasteiger partial charge in [-0.1, -0.05) is 39.7 Å². The molecule has 0 spiro atoms. The highest BCUT2D eigenvalue weighted by Gasteiger charge is 2.47. The van der Waals surface area contributed by atoms with Crippen molar-refractivity contribution in [2.75, 3.05) is 24.9 Å². The molecule has 180 valence electrons. The minimum atomic E-state index is -4.60. The Balaban J connectivity index is 1.69. The van der Waals surface area contributed by atoms with Crippen molar-refractivity contribution < 1.29 is 27.4 Å². The number of ether oxygens (including phenoxy) is 2. The van der Waals surface area contributed by atoms with Crippen LogP contribution in [-0.2, 0) is 0 Å². The molecule has 2 aromatic carbocycles. The van der Waals surface area contributed by atoms with E-state index in [-0.39, 0.29) is 28.6 Å². The van der Waals surface area contributed by atoms with Crippen LogP contribution in [-0.4, -0.2) is 36.1 Å². The maximum atomic E-state index is 14.0. The lowest BCUT2D eigenvalue weighted by atomic mass is 9.97. The third-order valence-corrected chi connectivity index (χ3v) is 6.33. The number of rotatable bonds is 5. The zero-order valence-corrected chi connectivity index (χ0v) is 20.3. The summed E-state index contributed by atoms with van der Waals surface area (Å²) in [6, 6.07) is 8.98. The van der Waals surface area contributed by atoms with Crippen molar-refractivity contribution >= 4 is 44.9 Å². The number of hydrogen-bond donors (Lipinski definition) is 2. The molecule has 1 aliphatic heterocycles. The molecule has 2 heterocycles. The molecule has 0 radical (unpaired) electrons. The lowest BCUT2D eigenvalue weighted by Gasteiger charge is -2.33. The maximum absolute atomic E-state index is 14.0. The lowest BCUT2D eigenvalue weighted by Crippen LogP contribution is -2.35. The number of methoxy groups -OCH3 is 2. The van der Waals surface area contributed by atoms with E-state index in [0.29, 0.717) is 17.1 Å². The van der Waals surface area contributed by atoms with Gasteiger partial charge in [-0.05, 0) is 29.8 Å². The minimum Gasteiger partial charge on any atom is -0.497 e. The second kappa shape index (κ2) is 9.38. The Hall–Kier alpha value is -2.92. The molecule has 4 rings (SSSR count). The first-order chi connectivity index (χ1) is 16.1. The van der Waals surface area contributed by atoms with Crippen molar-refractivity contribution in [3.8, 4) is 11.5 Å². The third-order valence-electron chi connectivity index (χ3n) is 5.44. The van der Waals surface area contributed by atoms with Gasteiger partial charge in [-0.25, -0.2) is 4.68 Å². The van der Waals surface area contributed by atoms with Crippen molar-refractivity contribution in [1.82, 2.24) is 9.78 Å². The average Bonchev–Trinajstić information content (AvgIpc) is 3.15. The Morgan fingerprint density at radius 2 is 1.91 bits per heavy atom. The summed E-state index contributed by atoms with van der Waals surface area (Å²) < 4.78 is 53.8. The smallest absolute Gasteiger partial charge is 0.410 e. The molecule has 7 nitrogen and oxygen atoms in total. The van der Waals surface area contributed by atoms with Gasteiger partial charge in [0.15, 0.2) is 11.7 Å². The van der Waals surface area contributed by atoms with Crippen LogP contribution in [0.3, 0.4) is 0 Å². The topological polar surface area (TPSA) is 77.4 Å². The molecule has 1 amide bonds. The second-order valence-corrected chi connectivity index (χ2v) is 8.81. The zero-order chi connectivity index (χ0) is 24.6. The van der Waals surface area contributed by atoms with Gasteiger partial charge >= 0.3 is 6.18 Å². The number of nitrogens with zero attached hydrogens (tertiary/aromatic N) is 2. The van der Waals surface area contributed by atoms with Gasteiger partial charge in [0.2, 0.25) is 0 Å². The van der Waals surface area contributed by atoms with Gasteiger partial charge in [0.05, 0.1) is 25.9 Å². The fourth-order valence-corrected chi connectivity index (χ4v) is 4.26. The maximum Gasteiger partial charge on any atom is 0.410 e. The normalized spacial score (nSPS) is 17.5. The van der Waals surface area contributed by atoms with Crippen LogP contribution >= 0.6 is 27.5 Å². The predicted molar refractivity (Wildman–Crippen MR) is 125 cm³/mol. The number of anilines is 2. The van der Waals surface area contributed by atoms with E-state index in [1.165, 1.54) is 14.2 Å². The van der Waals surface area contributed by atoms with Crippen LogP contribution in [0.2, 0.25) is 5.02 Å². The van der Waals surface area contributed by atoms with E-state index in [9.17, 15) is 18.0 Å². The van der Waals surface area contributed by atoms with E-state index in [2.05, 4.69) is 31.7 Å². The molecule has 0 bridgehead atoms. The molecule has 0 saturated heterocycles. The highest BCUT2D eigenvalue weighted by Crippen LogP contribution is 2.46. The summed E-state index contributed by atoms with van der Waals surface area (Å²) in [7, 11) is 2.89. The average molecular weight is 560 g/mol. The highest BCUT2D eigenvalue weighted by molar-refractivity contribution is 9.10. The molecule has 0 saturated carbocycles. The van der Waals surface area contributed by atoms with Crippen molar-refractivity contribution in [1.29, 1.82) is 0 Å². The first kappa shape index (κ1) is 24.2. The summed E-state index contributed by atoms with van der Waals surface area (Å²) >= 11 is 9.70.